The Morgan fingerprint density at radius 3 is 2.83 bits per heavy atom. The highest BCUT2D eigenvalue weighted by Crippen LogP contribution is 2.27. The number of nitrogens with zero attached hydrogens (tertiary/aromatic N) is 2. The van der Waals surface area contributed by atoms with Crippen LogP contribution in [-0.2, 0) is 5.75 Å². The fourth-order valence-electron chi connectivity index (χ4n) is 1.79. The summed E-state index contributed by atoms with van der Waals surface area (Å²) in [5, 5.41) is 0.695. The SMILES string of the molecule is Clc1cc(SCc2ccccc2)cc2cncn12. The smallest absolute Gasteiger partial charge is 0.115 e. The van der Waals surface area contributed by atoms with E-state index < -0.39 is 0 Å². The lowest BCUT2D eigenvalue weighted by Crippen LogP contribution is -1.86. The number of rotatable bonds is 3. The van der Waals surface area contributed by atoms with Crippen LogP contribution in [0, 0.1) is 0 Å². The molecule has 18 heavy (non-hydrogen) atoms. The molecule has 0 aliphatic heterocycles. The van der Waals surface area contributed by atoms with Crippen molar-refractivity contribution in [1.29, 1.82) is 0 Å². The van der Waals surface area contributed by atoms with E-state index in [0.29, 0.717) is 5.15 Å². The second kappa shape index (κ2) is 5.04. The molecule has 2 aromatic heterocycles. The number of pyridine rings is 1. The third-order valence-corrected chi connectivity index (χ3v) is 4.04. The first-order valence-electron chi connectivity index (χ1n) is 5.61. The number of hydrogen-bond acceptors (Lipinski definition) is 2. The standard InChI is InChI=1S/C14H11ClN2S/c15-14-7-13(6-12-8-16-10-17(12)14)18-9-11-4-2-1-3-5-11/h1-8,10H,9H2. The van der Waals surface area contributed by atoms with E-state index >= 15 is 0 Å². The Bertz CT molecular complexity index is 664. The largest absolute Gasteiger partial charge is 0.289 e. The van der Waals surface area contributed by atoms with E-state index in [1.807, 2.05) is 22.7 Å². The highest BCUT2D eigenvalue weighted by Gasteiger charge is 2.03. The van der Waals surface area contributed by atoms with Gasteiger partial charge >= 0.3 is 0 Å². The normalized spacial score (nSPS) is 10.9. The zero-order valence-corrected chi connectivity index (χ0v) is 11.2. The van der Waals surface area contributed by atoms with Gasteiger partial charge in [-0.1, -0.05) is 41.9 Å². The molecule has 0 saturated heterocycles. The lowest BCUT2D eigenvalue weighted by molar-refractivity contribution is 1.14. The zero-order chi connectivity index (χ0) is 12.4. The fourth-order valence-corrected chi connectivity index (χ4v) is 3.04. The third kappa shape index (κ3) is 2.37. The van der Waals surface area contributed by atoms with Crippen LogP contribution in [0.25, 0.3) is 5.52 Å². The van der Waals surface area contributed by atoms with Gasteiger partial charge in [-0.05, 0) is 17.7 Å². The first-order chi connectivity index (χ1) is 8.83. The molecule has 0 saturated carbocycles. The molecule has 2 nitrogen and oxygen atoms in total. The van der Waals surface area contributed by atoms with Crippen LogP contribution in [-0.4, -0.2) is 9.38 Å². The fraction of sp³-hybridized carbons (Fsp3) is 0.0714. The molecule has 0 N–H and O–H groups in total. The maximum Gasteiger partial charge on any atom is 0.115 e. The van der Waals surface area contributed by atoms with E-state index in [2.05, 4.69) is 35.3 Å². The van der Waals surface area contributed by atoms with Crippen molar-refractivity contribution in [2.75, 3.05) is 0 Å². The number of hydrogen-bond donors (Lipinski definition) is 0. The summed E-state index contributed by atoms with van der Waals surface area (Å²) in [5.74, 6) is 0.946. The number of thioether (sulfide) groups is 1. The lowest BCUT2D eigenvalue weighted by atomic mass is 10.2. The summed E-state index contributed by atoms with van der Waals surface area (Å²) in [4.78, 5) is 5.25. The zero-order valence-electron chi connectivity index (χ0n) is 9.58. The third-order valence-electron chi connectivity index (χ3n) is 2.70. The first-order valence-corrected chi connectivity index (χ1v) is 6.97. The molecule has 3 rings (SSSR count). The number of fused-ring (bicyclic) bond motifs is 1. The van der Waals surface area contributed by atoms with E-state index in [1.165, 1.54) is 5.56 Å². The molecule has 0 aliphatic carbocycles. The minimum atomic E-state index is 0.695. The molecule has 0 amide bonds. The summed E-state index contributed by atoms with van der Waals surface area (Å²) >= 11 is 7.98. The van der Waals surface area contributed by atoms with Crippen LogP contribution >= 0.6 is 23.4 Å². The minimum absolute atomic E-state index is 0.695. The van der Waals surface area contributed by atoms with Gasteiger partial charge < -0.3 is 0 Å². The van der Waals surface area contributed by atoms with Crippen molar-refractivity contribution in [3.05, 3.63) is 65.7 Å². The second-order valence-corrected chi connectivity index (χ2v) is 5.41. The van der Waals surface area contributed by atoms with Crippen LogP contribution in [0.15, 0.2) is 59.9 Å². The van der Waals surface area contributed by atoms with Gasteiger partial charge in [0.15, 0.2) is 0 Å². The Balaban J connectivity index is 1.82. The molecule has 1 aromatic carbocycles. The summed E-state index contributed by atoms with van der Waals surface area (Å²) in [6, 6.07) is 14.5. The van der Waals surface area contributed by atoms with E-state index in [4.69, 9.17) is 11.6 Å². The molecule has 0 unspecified atom stereocenters. The summed E-state index contributed by atoms with van der Waals surface area (Å²) in [7, 11) is 0. The summed E-state index contributed by atoms with van der Waals surface area (Å²) in [6.45, 7) is 0. The van der Waals surface area contributed by atoms with Gasteiger partial charge in [0.25, 0.3) is 0 Å². The maximum absolute atomic E-state index is 6.19. The van der Waals surface area contributed by atoms with Gasteiger partial charge in [0, 0.05) is 10.6 Å². The predicted molar refractivity (Wildman–Crippen MR) is 76.2 cm³/mol. The van der Waals surface area contributed by atoms with Crippen LogP contribution in [0.4, 0.5) is 0 Å². The van der Waals surface area contributed by atoms with Crippen molar-refractivity contribution >= 4 is 28.9 Å². The molecular weight excluding hydrogens is 264 g/mol. The molecule has 90 valence electrons. The van der Waals surface area contributed by atoms with Crippen LogP contribution < -0.4 is 0 Å². The second-order valence-electron chi connectivity index (χ2n) is 3.98. The molecule has 4 heteroatoms. The van der Waals surface area contributed by atoms with Crippen molar-refractivity contribution in [2.45, 2.75) is 10.6 Å². The maximum atomic E-state index is 6.19. The number of halogens is 1. The van der Waals surface area contributed by atoms with Crippen molar-refractivity contribution in [3.8, 4) is 0 Å². The first kappa shape index (κ1) is 11.6. The van der Waals surface area contributed by atoms with E-state index in [0.717, 1.165) is 16.2 Å². The lowest BCUT2D eigenvalue weighted by Gasteiger charge is -2.04. The monoisotopic (exact) mass is 274 g/mol. The highest BCUT2D eigenvalue weighted by atomic mass is 35.5. The van der Waals surface area contributed by atoms with Gasteiger partial charge in [0.1, 0.15) is 11.5 Å². The van der Waals surface area contributed by atoms with Gasteiger partial charge in [0.2, 0.25) is 0 Å². The predicted octanol–water partition coefficient (Wildman–Crippen LogP) is 4.28. The van der Waals surface area contributed by atoms with E-state index in [1.54, 1.807) is 18.1 Å². The van der Waals surface area contributed by atoms with E-state index in [-0.39, 0.29) is 0 Å². The Hall–Kier alpha value is -1.45. The Labute approximate surface area is 115 Å². The number of imidazole rings is 1. The summed E-state index contributed by atoms with van der Waals surface area (Å²) in [5.41, 5.74) is 2.34. The van der Waals surface area contributed by atoms with Gasteiger partial charge in [-0.2, -0.15) is 0 Å². The van der Waals surface area contributed by atoms with Crippen molar-refractivity contribution in [2.24, 2.45) is 0 Å². The van der Waals surface area contributed by atoms with Crippen LogP contribution in [0.3, 0.4) is 0 Å². The molecule has 0 fully saturated rings. The molecule has 0 spiro atoms. The molecule has 0 bridgehead atoms. The Kier molecular flexibility index (Phi) is 3.26. The molecule has 0 atom stereocenters. The topological polar surface area (TPSA) is 17.3 Å². The molecule has 3 aromatic rings. The Morgan fingerprint density at radius 2 is 2.00 bits per heavy atom. The van der Waals surface area contributed by atoms with Gasteiger partial charge in [-0.3, -0.25) is 4.40 Å². The van der Waals surface area contributed by atoms with Gasteiger partial charge in [0.05, 0.1) is 11.7 Å². The van der Waals surface area contributed by atoms with Gasteiger partial charge in [-0.15, -0.1) is 11.8 Å². The van der Waals surface area contributed by atoms with E-state index in [9.17, 15) is 0 Å². The number of aromatic nitrogens is 2. The highest BCUT2D eigenvalue weighted by molar-refractivity contribution is 7.98. The molecular formula is C14H11ClN2S. The number of benzene rings is 1. The average Bonchev–Trinajstić information content (AvgIpc) is 2.86. The van der Waals surface area contributed by atoms with Crippen molar-refractivity contribution in [3.63, 3.8) is 0 Å². The molecule has 2 heterocycles. The van der Waals surface area contributed by atoms with Crippen LogP contribution in [0.2, 0.25) is 5.15 Å². The van der Waals surface area contributed by atoms with Crippen molar-refractivity contribution < 1.29 is 0 Å². The Morgan fingerprint density at radius 1 is 1.17 bits per heavy atom. The van der Waals surface area contributed by atoms with Gasteiger partial charge in [-0.25, -0.2) is 4.98 Å². The van der Waals surface area contributed by atoms with Crippen molar-refractivity contribution in [1.82, 2.24) is 9.38 Å². The molecule has 0 aliphatic rings. The summed E-state index contributed by atoms with van der Waals surface area (Å²) in [6.07, 6.45) is 3.54. The molecule has 0 radical (unpaired) electrons. The quantitative estimate of drug-likeness (QED) is 0.524. The minimum Gasteiger partial charge on any atom is -0.289 e. The average molecular weight is 275 g/mol. The van der Waals surface area contributed by atoms with Crippen LogP contribution in [0.5, 0.6) is 0 Å². The van der Waals surface area contributed by atoms with Crippen LogP contribution in [0.1, 0.15) is 5.56 Å². The summed E-state index contributed by atoms with van der Waals surface area (Å²) < 4.78 is 1.87.